The van der Waals surface area contributed by atoms with Crippen LogP contribution >= 0.6 is 0 Å². The van der Waals surface area contributed by atoms with Crippen molar-refractivity contribution in [2.24, 2.45) is 0 Å². The molecule has 0 aromatic carbocycles. The van der Waals surface area contributed by atoms with Crippen molar-refractivity contribution >= 4 is 11.9 Å². The molecule has 2 rings (SSSR count). The maximum atomic E-state index is 5.54. The van der Waals surface area contributed by atoms with E-state index in [1.165, 1.54) is 0 Å². The Morgan fingerprint density at radius 2 is 1.80 bits per heavy atom. The van der Waals surface area contributed by atoms with Crippen molar-refractivity contribution in [3.63, 3.8) is 0 Å². The van der Waals surface area contributed by atoms with E-state index in [-0.39, 0.29) is 0 Å². The molecule has 1 aromatic rings. The van der Waals surface area contributed by atoms with Gasteiger partial charge in [0.05, 0.1) is 12.7 Å². The van der Waals surface area contributed by atoms with Crippen molar-refractivity contribution < 1.29 is 9.47 Å². The second-order valence-corrected chi connectivity index (χ2v) is 4.62. The first kappa shape index (κ1) is 14.8. The second kappa shape index (κ2) is 7.23. The van der Waals surface area contributed by atoms with Gasteiger partial charge in [-0.1, -0.05) is 0 Å². The van der Waals surface area contributed by atoms with E-state index in [2.05, 4.69) is 25.6 Å². The Kier molecular flexibility index (Phi) is 5.34. The van der Waals surface area contributed by atoms with Gasteiger partial charge in [0, 0.05) is 19.2 Å². The van der Waals surface area contributed by atoms with Crippen LogP contribution < -0.4 is 15.4 Å². The van der Waals surface area contributed by atoms with Gasteiger partial charge in [-0.25, -0.2) is 0 Å². The Hall–Kier alpha value is -1.63. The Labute approximate surface area is 119 Å². The Morgan fingerprint density at radius 1 is 1.05 bits per heavy atom. The van der Waals surface area contributed by atoms with Crippen LogP contribution in [-0.4, -0.2) is 46.9 Å². The molecule has 7 nitrogen and oxygen atoms in total. The number of ether oxygens (including phenoxy) is 2. The van der Waals surface area contributed by atoms with Crippen molar-refractivity contribution in [2.45, 2.75) is 45.8 Å². The van der Waals surface area contributed by atoms with Gasteiger partial charge in [-0.15, -0.1) is 0 Å². The lowest BCUT2D eigenvalue weighted by Gasteiger charge is -2.35. The van der Waals surface area contributed by atoms with Crippen molar-refractivity contribution in [3.8, 4) is 6.01 Å². The monoisotopic (exact) mass is 281 g/mol. The number of anilines is 2. The summed E-state index contributed by atoms with van der Waals surface area (Å²) in [7, 11) is 0. The van der Waals surface area contributed by atoms with Crippen LogP contribution in [0.3, 0.4) is 0 Å². The zero-order valence-corrected chi connectivity index (χ0v) is 12.3. The summed E-state index contributed by atoms with van der Waals surface area (Å²) in [5.41, 5.74) is 0. The van der Waals surface area contributed by atoms with Crippen molar-refractivity contribution in [2.75, 3.05) is 30.4 Å². The van der Waals surface area contributed by atoms with Gasteiger partial charge in [0.15, 0.2) is 0 Å². The number of nitrogens with zero attached hydrogens (tertiary/aromatic N) is 3. The molecule has 20 heavy (non-hydrogen) atoms. The molecule has 0 amide bonds. The molecular weight excluding hydrogens is 258 g/mol. The summed E-state index contributed by atoms with van der Waals surface area (Å²) in [5.74, 6) is 1.09. The maximum Gasteiger partial charge on any atom is 0.323 e. The van der Waals surface area contributed by atoms with Crippen molar-refractivity contribution in [1.29, 1.82) is 0 Å². The number of rotatable bonds is 8. The normalized spacial score (nSPS) is 21.1. The molecule has 0 unspecified atom stereocenters. The largest absolute Gasteiger partial charge is 0.464 e. The van der Waals surface area contributed by atoms with Gasteiger partial charge in [0.2, 0.25) is 11.9 Å². The zero-order valence-electron chi connectivity index (χ0n) is 12.3. The van der Waals surface area contributed by atoms with E-state index in [0.29, 0.717) is 36.7 Å². The number of nitrogens with one attached hydrogen (secondary N) is 2. The minimum Gasteiger partial charge on any atom is -0.464 e. The van der Waals surface area contributed by atoms with Crippen LogP contribution in [0.15, 0.2) is 0 Å². The topological polar surface area (TPSA) is 81.2 Å². The first-order valence-electron chi connectivity index (χ1n) is 7.26. The highest BCUT2D eigenvalue weighted by Gasteiger charge is 2.30. The molecule has 0 radical (unpaired) electrons. The molecule has 1 aliphatic carbocycles. The summed E-state index contributed by atoms with van der Waals surface area (Å²) in [6.45, 7) is 7.97. The van der Waals surface area contributed by atoms with Crippen LogP contribution in [0.25, 0.3) is 0 Å². The standard InChI is InChI=1S/C13H23N5O2/c1-4-14-11-16-12(18-13(17-11)20-6-3)15-9-7-10(8-9)19-5-2/h9-10H,4-8H2,1-3H3,(H2,14,15,16,17,18). The average Bonchev–Trinajstić information content (AvgIpc) is 2.37. The summed E-state index contributed by atoms with van der Waals surface area (Å²) in [6.07, 6.45) is 2.33. The van der Waals surface area contributed by atoms with Gasteiger partial charge in [-0.2, -0.15) is 15.0 Å². The Morgan fingerprint density at radius 3 is 2.45 bits per heavy atom. The van der Waals surface area contributed by atoms with E-state index in [0.717, 1.165) is 26.0 Å². The van der Waals surface area contributed by atoms with Gasteiger partial charge >= 0.3 is 6.01 Å². The number of hydrogen-bond donors (Lipinski definition) is 2. The summed E-state index contributed by atoms with van der Waals surface area (Å²) >= 11 is 0. The molecule has 0 aliphatic heterocycles. The molecule has 0 atom stereocenters. The van der Waals surface area contributed by atoms with Crippen LogP contribution in [0.5, 0.6) is 6.01 Å². The zero-order chi connectivity index (χ0) is 14.4. The Balaban J connectivity index is 1.96. The average molecular weight is 281 g/mol. The first-order chi connectivity index (χ1) is 9.75. The lowest BCUT2D eigenvalue weighted by Crippen LogP contribution is -2.41. The van der Waals surface area contributed by atoms with Crippen molar-refractivity contribution in [3.05, 3.63) is 0 Å². The van der Waals surface area contributed by atoms with E-state index < -0.39 is 0 Å². The minimum absolute atomic E-state index is 0.349. The van der Waals surface area contributed by atoms with Crippen LogP contribution in [0, 0.1) is 0 Å². The molecule has 0 bridgehead atoms. The second-order valence-electron chi connectivity index (χ2n) is 4.62. The molecule has 0 saturated heterocycles. The Bertz CT molecular complexity index is 399. The molecule has 1 aliphatic rings. The molecule has 1 aromatic heterocycles. The predicted octanol–water partition coefficient (Wildman–Crippen LogP) is 1.68. The maximum absolute atomic E-state index is 5.54. The molecule has 7 heteroatoms. The number of aromatic nitrogens is 3. The summed E-state index contributed by atoms with van der Waals surface area (Å²) in [6, 6.07) is 0.708. The van der Waals surface area contributed by atoms with Gasteiger partial charge < -0.3 is 20.1 Å². The van der Waals surface area contributed by atoms with E-state index in [4.69, 9.17) is 9.47 Å². The highest BCUT2D eigenvalue weighted by atomic mass is 16.5. The third-order valence-corrected chi connectivity index (χ3v) is 3.05. The molecule has 1 heterocycles. The molecule has 1 saturated carbocycles. The van der Waals surface area contributed by atoms with Crippen LogP contribution in [0.2, 0.25) is 0 Å². The summed E-state index contributed by atoms with van der Waals surface area (Å²) < 4.78 is 10.9. The molecule has 2 N–H and O–H groups in total. The van der Waals surface area contributed by atoms with E-state index in [9.17, 15) is 0 Å². The van der Waals surface area contributed by atoms with Crippen LogP contribution in [0.4, 0.5) is 11.9 Å². The lowest BCUT2D eigenvalue weighted by atomic mass is 9.89. The smallest absolute Gasteiger partial charge is 0.323 e. The highest BCUT2D eigenvalue weighted by Crippen LogP contribution is 2.26. The first-order valence-corrected chi connectivity index (χ1v) is 7.26. The van der Waals surface area contributed by atoms with Crippen LogP contribution in [0.1, 0.15) is 33.6 Å². The quantitative estimate of drug-likeness (QED) is 0.750. The van der Waals surface area contributed by atoms with Gasteiger partial charge in [0.25, 0.3) is 0 Å². The SMILES string of the molecule is CCNc1nc(NC2CC(OCC)C2)nc(OCC)n1. The molecular formula is C13H23N5O2. The third kappa shape index (κ3) is 3.93. The molecule has 112 valence electrons. The molecule has 0 spiro atoms. The van der Waals surface area contributed by atoms with Crippen LogP contribution in [-0.2, 0) is 4.74 Å². The fourth-order valence-corrected chi connectivity index (χ4v) is 2.09. The van der Waals surface area contributed by atoms with Gasteiger partial charge in [0.1, 0.15) is 0 Å². The highest BCUT2D eigenvalue weighted by molar-refractivity contribution is 5.37. The lowest BCUT2D eigenvalue weighted by molar-refractivity contribution is 0.00284. The predicted molar refractivity (Wildman–Crippen MR) is 77.2 cm³/mol. The number of hydrogen-bond acceptors (Lipinski definition) is 7. The van der Waals surface area contributed by atoms with Gasteiger partial charge in [-0.3, -0.25) is 0 Å². The van der Waals surface area contributed by atoms with E-state index >= 15 is 0 Å². The summed E-state index contributed by atoms with van der Waals surface area (Å²) in [5, 5.41) is 6.38. The van der Waals surface area contributed by atoms with E-state index in [1.807, 2.05) is 20.8 Å². The third-order valence-electron chi connectivity index (χ3n) is 3.05. The minimum atomic E-state index is 0.349. The van der Waals surface area contributed by atoms with Gasteiger partial charge in [-0.05, 0) is 33.6 Å². The van der Waals surface area contributed by atoms with Crippen molar-refractivity contribution in [1.82, 2.24) is 15.0 Å². The summed E-state index contributed by atoms with van der Waals surface area (Å²) in [4.78, 5) is 12.8. The fourth-order valence-electron chi connectivity index (χ4n) is 2.09. The fraction of sp³-hybridized carbons (Fsp3) is 0.769. The molecule has 1 fully saturated rings. The van der Waals surface area contributed by atoms with E-state index in [1.54, 1.807) is 0 Å².